The molecule has 0 aromatic carbocycles. The molecule has 2 aromatic rings. The molecule has 5 heteroatoms. The Morgan fingerprint density at radius 2 is 2.23 bits per heavy atom. The van der Waals surface area contributed by atoms with Gasteiger partial charge in [-0.25, -0.2) is 0 Å². The van der Waals surface area contributed by atoms with Crippen molar-refractivity contribution in [3.63, 3.8) is 0 Å². The number of hydrogen-bond acceptors (Lipinski definition) is 3. The zero-order valence-corrected chi connectivity index (χ0v) is 13.1. The summed E-state index contributed by atoms with van der Waals surface area (Å²) in [5.41, 5.74) is 3.05. The summed E-state index contributed by atoms with van der Waals surface area (Å²) in [4.78, 5) is 16.9. The van der Waals surface area contributed by atoms with Gasteiger partial charge in [-0.2, -0.15) is 5.10 Å². The van der Waals surface area contributed by atoms with Crippen LogP contribution in [0.5, 0.6) is 0 Å². The lowest BCUT2D eigenvalue weighted by Crippen LogP contribution is -2.30. The van der Waals surface area contributed by atoms with Gasteiger partial charge in [0.05, 0.1) is 11.7 Å². The van der Waals surface area contributed by atoms with Gasteiger partial charge in [0, 0.05) is 31.1 Å². The van der Waals surface area contributed by atoms with E-state index in [1.807, 2.05) is 42.9 Å². The molecular weight excluding hydrogens is 276 g/mol. The number of carbonyl (C=O) groups excluding carboxylic acids is 1. The molecule has 22 heavy (non-hydrogen) atoms. The van der Waals surface area contributed by atoms with E-state index in [4.69, 9.17) is 0 Å². The molecule has 1 amide bonds. The van der Waals surface area contributed by atoms with Crippen LogP contribution in [0, 0.1) is 12.8 Å². The summed E-state index contributed by atoms with van der Waals surface area (Å²) in [7, 11) is 1.90. The zero-order valence-electron chi connectivity index (χ0n) is 13.1. The molecule has 1 aliphatic rings. The summed E-state index contributed by atoms with van der Waals surface area (Å²) in [5.74, 6) is 0.622. The highest BCUT2D eigenvalue weighted by Gasteiger charge is 2.34. The van der Waals surface area contributed by atoms with E-state index in [0.29, 0.717) is 18.8 Å². The Balaban J connectivity index is 1.61. The normalized spacial score (nSPS) is 15.5. The number of pyridine rings is 1. The van der Waals surface area contributed by atoms with Crippen LogP contribution in [-0.4, -0.2) is 20.7 Å². The highest BCUT2D eigenvalue weighted by atomic mass is 16.1. The lowest BCUT2D eigenvalue weighted by molar-refractivity contribution is -0.122. The number of carbonyl (C=O) groups is 1. The maximum absolute atomic E-state index is 12.3. The van der Waals surface area contributed by atoms with E-state index >= 15 is 0 Å². The molecule has 2 aromatic heterocycles. The summed E-state index contributed by atoms with van der Waals surface area (Å²) in [5, 5.41) is 7.30. The van der Waals surface area contributed by atoms with Gasteiger partial charge in [0.1, 0.15) is 0 Å². The number of aromatic nitrogens is 3. The van der Waals surface area contributed by atoms with Gasteiger partial charge in [-0.15, -0.1) is 0 Å². The van der Waals surface area contributed by atoms with E-state index < -0.39 is 0 Å². The standard InChI is InChI=1S/C17H22N4O/c1-12-4-3-5-15(19-12)17(13-6-7-13)20-16(22)9-8-14-10-11-18-21(14)2/h3-5,10-11,13,17H,6-9H2,1-2H3,(H,20,22)/t17-/m1/s1. The van der Waals surface area contributed by atoms with Crippen LogP contribution in [0.2, 0.25) is 0 Å². The second kappa shape index (κ2) is 6.30. The first-order valence-corrected chi connectivity index (χ1v) is 7.83. The maximum atomic E-state index is 12.3. The molecule has 5 nitrogen and oxygen atoms in total. The van der Waals surface area contributed by atoms with Gasteiger partial charge in [-0.3, -0.25) is 14.5 Å². The molecule has 1 N–H and O–H groups in total. The number of aryl methyl sites for hydroxylation is 3. The Kier molecular flexibility index (Phi) is 4.22. The third kappa shape index (κ3) is 3.53. The van der Waals surface area contributed by atoms with Crippen molar-refractivity contribution in [2.24, 2.45) is 13.0 Å². The monoisotopic (exact) mass is 298 g/mol. The number of hydrogen-bond donors (Lipinski definition) is 1. The Morgan fingerprint density at radius 1 is 1.41 bits per heavy atom. The van der Waals surface area contributed by atoms with E-state index in [1.54, 1.807) is 6.20 Å². The minimum absolute atomic E-state index is 0.0546. The van der Waals surface area contributed by atoms with E-state index in [0.717, 1.165) is 17.1 Å². The van der Waals surface area contributed by atoms with Crippen molar-refractivity contribution in [3.8, 4) is 0 Å². The van der Waals surface area contributed by atoms with Crippen LogP contribution < -0.4 is 5.32 Å². The average molecular weight is 298 g/mol. The van der Waals surface area contributed by atoms with Gasteiger partial charge in [0.15, 0.2) is 0 Å². The van der Waals surface area contributed by atoms with Crippen molar-refractivity contribution in [3.05, 3.63) is 47.5 Å². The molecule has 0 spiro atoms. The van der Waals surface area contributed by atoms with Crippen LogP contribution in [0.25, 0.3) is 0 Å². The van der Waals surface area contributed by atoms with Crippen molar-refractivity contribution in [2.45, 2.75) is 38.6 Å². The molecule has 1 saturated carbocycles. The smallest absolute Gasteiger partial charge is 0.220 e. The molecular formula is C17H22N4O. The van der Waals surface area contributed by atoms with Gasteiger partial charge in [-0.05, 0) is 50.3 Å². The highest BCUT2D eigenvalue weighted by Crippen LogP contribution is 2.40. The first-order valence-electron chi connectivity index (χ1n) is 7.83. The van der Waals surface area contributed by atoms with Gasteiger partial charge < -0.3 is 5.32 Å². The number of rotatable bonds is 6. The van der Waals surface area contributed by atoms with Crippen LogP contribution in [0.1, 0.15) is 42.4 Å². The van der Waals surface area contributed by atoms with Crippen molar-refractivity contribution in [1.29, 1.82) is 0 Å². The number of amides is 1. The summed E-state index contributed by atoms with van der Waals surface area (Å²) in [6, 6.07) is 8.01. The summed E-state index contributed by atoms with van der Waals surface area (Å²) < 4.78 is 1.81. The lowest BCUT2D eigenvalue weighted by atomic mass is 10.1. The quantitative estimate of drug-likeness (QED) is 0.890. The minimum Gasteiger partial charge on any atom is -0.347 e. The zero-order chi connectivity index (χ0) is 15.5. The fourth-order valence-corrected chi connectivity index (χ4v) is 2.73. The second-order valence-corrected chi connectivity index (χ2v) is 6.03. The molecule has 0 aliphatic heterocycles. The lowest BCUT2D eigenvalue weighted by Gasteiger charge is -2.18. The van der Waals surface area contributed by atoms with E-state index in [9.17, 15) is 4.79 Å². The van der Waals surface area contributed by atoms with E-state index in [2.05, 4.69) is 15.4 Å². The third-order valence-corrected chi connectivity index (χ3v) is 4.17. The number of nitrogens with one attached hydrogen (secondary N) is 1. The van der Waals surface area contributed by atoms with Crippen molar-refractivity contribution < 1.29 is 4.79 Å². The van der Waals surface area contributed by atoms with Crippen molar-refractivity contribution in [2.75, 3.05) is 0 Å². The van der Waals surface area contributed by atoms with Crippen LogP contribution in [-0.2, 0) is 18.3 Å². The molecule has 1 atom stereocenters. The fourth-order valence-electron chi connectivity index (χ4n) is 2.73. The Hall–Kier alpha value is -2.17. The van der Waals surface area contributed by atoms with E-state index in [1.165, 1.54) is 12.8 Å². The second-order valence-electron chi connectivity index (χ2n) is 6.03. The molecule has 0 bridgehead atoms. The Morgan fingerprint density at radius 3 is 2.86 bits per heavy atom. The summed E-state index contributed by atoms with van der Waals surface area (Å²) in [6.07, 6.45) is 5.29. The SMILES string of the molecule is Cc1cccc([C@H](NC(=O)CCc2ccnn2C)C2CC2)n1. The van der Waals surface area contributed by atoms with E-state index in [-0.39, 0.29) is 11.9 Å². The summed E-state index contributed by atoms with van der Waals surface area (Å²) >= 11 is 0. The van der Waals surface area contributed by atoms with Crippen LogP contribution in [0.4, 0.5) is 0 Å². The maximum Gasteiger partial charge on any atom is 0.220 e. The predicted octanol–water partition coefficient (Wildman–Crippen LogP) is 2.32. The van der Waals surface area contributed by atoms with Gasteiger partial charge >= 0.3 is 0 Å². The molecule has 2 heterocycles. The Labute approximate surface area is 130 Å². The van der Waals surface area contributed by atoms with Crippen LogP contribution >= 0.6 is 0 Å². The van der Waals surface area contributed by atoms with Crippen LogP contribution in [0.15, 0.2) is 30.5 Å². The van der Waals surface area contributed by atoms with Crippen molar-refractivity contribution in [1.82, 2.24) is 20.1 Å². The third-order valence-electron chi connectivity index (χ3n) is 4.17. The molecule has 0 unspecified atom stereocenters. The average Bonchev–Trinajstić information content (AvgIpc) is 3.25. The first-order chi connectivity index (χ1) is 10.6. The highest BCUT2D eigenvalue weighted by molar-refractivity contribution is 5.76. The minimum atomic E-state index is 0.0546. The largest absolute Gasteiger partial charge is 0.347 e. The molecule has 1 fully saturated rings. The molecule has 3 rings (SSSR count). The fraction of sp³-hybridized carbons (Fsp3) is 0.471. The molecule has 0 saturated heterocycles. The Bertz CT molecular complexity index is 660. The first kappa shape index (κ1) is 14.8. The predicted molar refractivity (Wildman–Crippen MR) is 84.1 cm³/mol. The van der Waals surface area contributed by atoms with Gasteiger partial charge in [-0.1, -0.05) is 6.07 Å². The molecule has 116 valence electrons. The summed E-state index contributed by atoms with van der Waals surface area (Å²) in [6.45, 7) is 1.98. The topological polar surface area (TPSA) is 59.8 Å². The van der Waals surface area contributed by atoms with Crippen LogP contribution in [0.3, 0.4) is 0 Å². The van der Waals surface area contributed by atoms with Gasteiger partial charge in [0.25, 0.3) is 0 Å². The van der Waals surface area contributed by atoms with Crippen molar-refractivity contribution >= 4 is 5.91 Å². The van der Waals surface area contributed by atoms with Gasteiger partial charge in [0.2, 0.25) is 5.91 Å². The molecule has 0 radical (unpaired) electrons. The number of nitrogens with zero attached hydrogens (tertiary/aromatic N) is 3. The molecule has 1 aliphatic carbocycles.